The molecule has 0 spiro atoms. The standard InChI is InChI=1S/C21H33N5O/c1-3-4-14(2)24-21-23-12-18-19(15-9-10-22-11-15)13-26(20(18)25-21)16-5-7-17(27)8-6-16/h12-17,22,27H,3-11H2,1-2H3,(H,23,24,25)/t14-,15?,16?,17?/m0/s1. The molecule has 1 unspecified atom stereocenters. The van der Waals surface area contributed by atoms with Gasteiger partial charge in [-0.3, -0.25) is 0 Å². The highest BCUT2D eigenvalue weighted by atomic mass is 16.3. The van der Waals surface area contributed by atoms with Crippen LogP contribution in [0.5, 0.6) is 0 Å². The van der Waals surface area contributed by atoms with Gasteiger partial charge in [-0.05, 0) is 63.5 Å². The van der Waals surface area contributed by atoms with Crippen LogP contribution in [0.4, 0.5) is 5.95 Å². The van der Waals surface area contributed by atoms with Crippen molar-refractivity contribution in [3.8, 4) is 0 Å². The highest BCUT2D eigenvalue weighted by molar-refractivity contribution is 5.81. The van der Waals surface area contributed by atoms with Crippen LogP contribution in [0, 0.1) is 0 Å². The summed E-state index contributed by atoms with van der Waals surface area (Å²) in [6.45, 7) is 6.51. The number of hydrogen-bond donors (Lipinski definition) is 3. The topological polar surface area (TPSA) is 75.0 Å². The van der Waals surface area contributed by atoms with Crippen LogP contribution < -0.4 is 10.6 Å². The molecule has 2 aromatic rings. The number of aromatic nitrogens is 3. The van der Waals surface area contributed by atoms with E-state index in [2.05, 4.69) is 40.2 Å². The number of rotatable bonds is 6. The predicted molar refractivity (Wildman–Crippen MR) is 109 cm³/mol. The number of nitrogens with one attached hydrogen (secondary N) is 2. The van der Waals surface area contributed by atoms with Gasteiger partial charge >= 0.3 is 0 Å². The van der Waals surface area contributed by atoms with Crippen molar-refractivity contribution in [2.24, 2.45) is 0 Å². The highest BCUT2D eigenvalue weighted by Gasteiger charge is 2.27. The average Bonchev–Trinajstić information content (AvgIpc) is 3.30. The van der Waals surface area contributed by atoms with Gasteiger partial charge in [0, 0.05) is 36.4 Å². The maximum atomic E-state index is 9.91. The Labute approximate surface area is 161 Å². The predicted octanol–water partition coefficient (Wildman–Crippen LogP) is 3.58. The third-order valence-corrected chi connectivity index (χ3v) is 6.26. The van der Waals surface area contributed by atoms with E-state index in [0.29, 0.717) is 18.0 Å². The van der Waals surface area contributed by atoms with Crippen LogP contribution in [0.3, 0.4) is 0 Å². The Bertz CT molecular complexity index is 759. The maximum absolute atomic E-state index is 9.91. The molecule has 0 amide bonds. The Hall–Kier alpha value is -1.66. The fourth-order valence-corrected chi connectivity index (χ4v) is 4.71. The molecule has 2 aromatic heterocycles. The van der Waals surface area contributed by atoms with Crippen LogP contribution in [0.2, 0.25) is 0 Å². The van der Waals surface area contributed by atoms with Crippen molar-refractivity contribution in [3.05, 3.63) is 18.0 Å². The van der Waals surface area contributed by atoms with Crippen LogP contribution in [0.15, 0.2) is 12.4 Å². The molecule has 6 heteroatoms. The number of aliphatic hydroxyl groups is 1. The lowest BCUT2D eigenvalue weighted by atomic mass is 9.93. The number of aliphatic hydroxyl groups excluding tert-OH is 1. The molecule has 2 atom stereocenters. The van der Waals surface area contributed by atoms with E-state index in [-0.39, 0.29) is 6.10 Å². The summed E-state index contributed by atoms with van der Waals surface area (Å²) in [6.07, 6.45) is 11.5. The van der Waals surface area contributed by atoms with Crippen LogP contribution in [0.1, 0.15) is 76.3 Å². The summed E-state index contributed by atoms with van der Waals surface area (Å²) in [5, 5.41) is 18.1. The SMILES string of the molecule is CCC[C@H](C)Nc1ncc2c(C3CCNC3)cn(C3CCC(O)CC3)c2n1. The Morgan fingerprint density at radius 3 is 2.81 bits per heavy atom. The van der Waals surface area contributed by atoms with Crippen molar-refractivity contribution in [3.63, 3.8) is 0 Å². The van der Waals surface area contributed by atoms with Crippen molar-refractivity contribution in [1.82, 2.24) is 19.9 Å². The van der Waals surface area contributed by atoms with E-state index in [4.69, 9.17) is 4.98 Å². The van der Waals surface area contributed by atoms with Gasteiger partial charge in [-0.1, -0.05) is 13.3 Å². The van der Waals surface area contributed by atoms with Gasteiger partial charge in [-0.2, -0.15) is 4.98 Å². The first kappa shape index (κ1) is 18.7. The molecule has 0 bridgehead atoms. The van der Waals surface area contributed by atoms with Crippen LogP contribution in [-0.2, 0) is 0 Å². The number of nitrogens with zero attached hydrogens (tertiary/aromatic N) is 3. The molecule has 148 valence electrons. The first-order valence-electron chi connectivity index (χ1n) is 10.7. The van der Waals surface area contributed by atoms with E-state index in [0.717, 1.165) is 63.2 Å². The zero-order chi connectivity index (χ0) is 18.8. The zero-order valence-corrected chi connectivity index (χ0v) is 16.6. The van der Waals surface area contributed by atoms with E-state index in [9.17, 15) is 5.11 Å². The van der Waals surface area contributed by atoms with Gasteiger partial charge < -0.3 is 20.3 Å². The van der Waals surface area contributed by atoms with Gasteiger partial charge in [-0.25, -0.2) is 4.98 Å². The Morgan fingerprint density at radius 1 is 1.30 bits per heavy atom. The van der Waals surface area contributed by atoms with Crippen molar-refractivity contribution >= 4 is 17.0 Å². The molecule has 27 heavy (non-hydrogen) atoms. The van der Waals surface area contributed by atoms with Crippen LogP contribution in [0.25, 0.3) is 11.0 Å². The molecule has 3 N–H and O–H groups in total. The number of fused-ring (bicyclic) bond motifs is 1. The molecule has 2 aliphatic rings. The Balaban J connectivity index is 1.69. The van der Waals surface area contributed by atoms with Gasteiger partial charge in [0.2, 0.25) is 5.95 Å². The summed E-state index contributed by atoms with van der Waals surface area (Å²) in [5.74, 6) is 1.28. The third kappa shape index (κ3) is 3.97. The van der Waals surface area contributed by atoms with Gasteiger partial charge in [0.25, 0.3) is 0 Å². The van der Waals surface area contributed by atoms with Crippen molar-refractivity contribution < 1.29 is 5.11 Å². The van der Waals surface area contributed by atoms with Gasteiger partial charge in [-0.15, -0.1) is 0 Å². The third-order valence-electron chi connectivity index (χ3n) is 6.26. The lowest BCUT2D eigenvalue weighted by Crippen LogP contribution is -2.21. The fraction of sp³-hybridized carbons (Fsp3) is 0.714. The number of hydrogen-bond acceptors (Lipinski definition) is 5. The monoisotopic (exact) mass is 371 g/mol. The molecule has 1 aliphatic heterocycles. The normalized spacial score (nSPS) is 27.1. The fourth-order valence-electron chi connectivity index (χ4n) is 4.71. The average molecular weight is 372 g/mol. The lowest BCUT2D eigenvalue weighted by molar-refractivity contribution is 0.111. The van der Waals surface area contributed by atoms with E-state index >= 15 is 0 Å². The Morgan fingerprint density at radius 2 is 2.11 bits per heavy atom. The van der Waals surface area contributed by atoms with Gasteiger partial charge in [0.15, 0.2) is 0 Å². The summed E-state index contributed by atoms with van der Waals surface area (Å²) < 4.78 is 2.38. The van der Waals surface area contributed by atoms with Crippen LogP contribution in [-0.4, -0.2) is 44.9 Å². The smallest absolute Gasteiger partial charge is 0.224 e. The first-order valence-corrected chi connectivity index (χ1v) is 10.7. The minimum atomic E-state index is -0.136. The zero-order valence-electron chi connectivity index (χ0n) is 16.6. The maximum Gasteiger partial charge on any atom is 0.224 e. The largest absolute Gasteiger partial charge is 0.393 e. The van der Waals surface area contributed by atoms with Gasteiger partial charge in [0.1, 0.15) is 5.65 Å². The van der Waals surface area contributed by atoms with E-state index in [1.807, 2.05) is 6.20 Å². The van der Waals surface area contributed by atoms with Crippen molar-refractivity contribution in [1.29, 1.82) is 0 Å². The molecule has 2 fully saturated rings. The molecule has 1 saturated heterocycles. The van der Waals surface area contributed by atoms with Crippen molar-refractivity contribution in [2.75, 3.05) is 18.4 Å². The molecule has 0 radical (unpaired) electrons. The van der Waals surface area contributed by atoms with Crippen molar-refractivity contribution in [2.45, 2.75) is 82.9 Å². The molecular formula is C21H33N5O. The minimum absolute atomic E-state index is 0.136. The molecule has 3 heterocycles. The van der Waals surface area contributed by atoms with Gasteiger partial charge in [0.05, 0.1) is 6.10 Å². The molecule has 6 nitrogen and oxygen atoms in total. The summed E-state index contributed by atoms with van der Waals surface area (Å²) in [4.78, 5) is 9.58. The summed E-state index contributed by atoms with van der Waals surface area (Å²) in [5.41, 5.74) is 2.44. The highest BCUT2D eigenvalue weighted by Crippen LogP contribution is 2.36. The molecular weight excluding hydrogens is 338 g/mol. The minimum Gasteiger partial charge on any atom is -0.393 e. The second kappa shape index (κ2) is 8.15. The summed E-state index contributed by atoms with van der Waals surface area (Å²) in [7, 11) is 0. The molecule has 4 rings (SSSR count). The molecule has 1 aliphatic carbocycles. The molecule has 0 aromatic carbocycles. The quantitative estimate of drug-likeness (QED) is 0.724. The first-order chi connectivity index (χ1) is 13.2. The lowest BCUT2D eigenvalue weighted by Gasteiger charge is -2.27. The van der Waals surface area contributed by atoms with E-state index in [1.54, 1.807) is 0 Å². The van der Waals surface area contributed by atoms with Crippen LogP contribution >= 0.6 is 0 Å². The summed E-state index contributed by atoms with van der Waals surface area (Å²) in [6, 6.07) is 0.800. The second-order valence-electron chi connectivity index (χ2n) is 8.41. The van der Waals surface area contributed by atoms with E-state index in [1.165, 1.54) is 17.4 Å². The van der Waals surface area contributed by atoms with E-state index < -0.39 is 0 Å². The molecule has 1 saturated carbocycles. The Kier molecular flexibility index (Phi) is 5.64. The summed E-state index contributed by atoms with van der Waals surface area (Å²) >= 11 is 0. The second-order valence-corrected chi connectivity index (χ2v) is 8.41. The number of anilines is 1.